The van der Waals surface area contributed by atoms with Gasteiger partial charge in [-0.1, -0.05) is 6.07 Å². The molecule has 0 aliphatic carbocycles. The zero-order chi connectivity index (χ0) is 27.4. The van der Waals surface area contributed by atoms with Crippen LogP contribution in [0.3, 0.4) is 0 Å². The van der Waals surface area contributed by atoms with Gasteiger partial charge in [-0.2, -0.15) is 13.2 Å². The molecule has 0 unspecified atom stereocenters. The van der Waals surface area contributed by atoms with Gasteiger partial charge in [-0.05, 0) is 57.9 Å². The van der Waals surface area contributed by atoms with E-state index in [1.807, 2.05) is 20.8 Å². The van der Waals surface area contributed by atoms with Crippen LogP contribution < -0.4 is 11.1 Å². The fraction of sp³-hybridized carbons (Fsp3) is 0.500. The number of pyridine rings is 1. The lowest BCUT2D eigenvalue weighted by Gasteiger charge is -2.42. The number of carbonyl (C=O) groups is 1. The Morgan fingerprint density at radius 3 is 2.58 bits per heavy atom. The Balaban J connectivity index is 1.37. The molecule has 4 heterocycles. The zero-order valence-corrected chi connectivity index (χ0v) is 21.6. The van der Waals surface area contributed by atoms with Gasteiger partial charge in [0.05, 0.1) is 41.7 Å². The Kier molecular flexibility index (Phi) is 6.41. The number of rotatable bonds is 4. The smallest absolute Gasteiger partial charge is 0.417 e. The largest absolute Gasteiger partial charge is 0.444 e. The lowest BCUT2D eigenvalue weighted by atomic mass is 9.86. The maximum Gasteiger partial charge on any atom is 0.417 e. The molecule has 2 N–H and O–H groups in total. The Labute approximate surface area is 217 Å². The second-order valence-corrected chi connectivity index (χ2v) is 11.0. The van der Waals surface area contributed by atoms with Crippen molar-refractivity contribution in [3.8, 4) is 0 Å². The number of nitrogens with zero attached hydrogens (tertiary/aromatic N) is 3. The van der Waals surface area contributed by atoms with Crippen molar-refractivity contribution in [2.24, 2.45) is 0 Å². The van der Waals surface area contributed by atoms with Gasteiger partial charge < -0.3 is 19.4 Å². The molecule has 5 rings (SSSR count). The summed E-state index contributed by atoms with van der Waals surface area (Å²) in [7, 11) is 0. The highest BCUT2D eigenvalue weighted by Gasteiger charge is 2.42. The van der Waals surface area contributed by atoms with E-state index in [4.69, 9.17) is 9.15 Å². The van der Waals surface area contributed by atoms with Crippen LogP contribution >= 0.6 is 0 Å². The van der Waals surface area contributed by atoms with Crippen LogP contribution in [-0.4, -0.2) is 69.4 Å². The van der Waals surface area contributed by atoms with E-state index >= 15 is 0 Å². The van der Waals surface area contributed by atoms with Gasteiger partial charge in [0.1, 0.15) is 5.60 Å². The maximum atomic E-state index is 13.6. The summed E-state index contributed by atoms with van der Waals surface area (Å²) >= 11 is 0. The second kappa shape index (κ2) is 9.33. The number of benzene rings is 1. The molecular weight excluding hydrogens is 503 g/mol. The van der Waals surface area contributed by atoms with Crippen molar-refractivity contribution in [3.05, 3.63) is 57.8 Å². The minimum absolute atomic E-state index is 0.0112. The van der Waals surface area contributed by atoms with Crippen LogP contribution in [0.1, 0.15) is 50.6 Å². The van der Waals surface area contributed by atoms with Crippen molar-refractivity contribution in [3.63, 3.8) is 0 Å². The number of carbonyl (C=O) groups excluding carboxylic acids is 1. The number of aromatic nitrogens is 2. The number of fused-ring (bicyclic) bond motifs is 3. The molecule has 1 saturated heterocycles. The molecule has 0 spiro atoms. The van der Waals surface area contributed by atoms with Gasteiger partial charge in [0.25, 0.3) is 0 Å². The van der Waals surface area contributed by atoms with Gasteiger partial charge in [0.2, 0.25) is 0 Å². The Morgan fingerprint density at radius 2 is 1.95 bits per heavy atom. The number of anilines is 1. The average Bonchev–Trinajstić information content (AvgIpc) is 3.16. The number of hydrogen-bond donors (Lipinski definition) is 2. The molecule has 1 aromatic carbocycles. The number of halogens is 3. The molecular formula is C26H30F3N5O4. The molecule has 204 valence electrons. The summed E-state index contributed by atoms with van der Waals surface area (Å²) in [5.41, 5.74) is 2.80. The summed E-state index contributed by atoms with van der Waals surface area (Å²) in [5.74, 6) is -0.606. The molecule has 0 saturated carbocycles. The van der Waals surface area contributed by atoms with Gasteiger partial charge in [0, 0.05) is 24.7 Å². The number of nitrogens with one attached hydrogen (secondary N) is 2. The summed E-state index contributed by atoms with van der Waals surface area (Å²) in [6.07, 6.45) is -2.88. The number of aromatic amines is 1. The van der Waals surface area contributed by atoms with Crippen LogP contribution in [-0.2, 0) is 11.2 Å². The van der Waals surface area contributed by atoms with Crippen molar-refractivity contribution >= 4 is 22.9 Å². The van der Waals surface area contributed by atoms with Gasteiger partial charge in [-0.15, -0.1) is 0 Å². The van der Waals surface area contributed by atoms with Crippen LogP contribution in [0.5, 0.6) is 0 Å². The van der Waals surface area contributed by atoms with E-state index < -0.39 is 36.2 Å². The average molecular weight is 534 g/mol. The Hall–Kier alpha value is -3.54. The quantitative estimate of drug-likeness (QED) is 0.511. The van der Waals surface area contributed by atoms with Crippen molar-refractivity contribution in [2.45, 2.75) is 64.0 Å². The summed E-state index contributed by atoms with van der Waals surface area (Å²) in [6, 6.07) is 5.62. The monoisotopic (exact) mass is 533 g/mol. The standard InChI is InChI=1S/C26H30F3N5O4/c1-14-9-18-17(6-8-20-22(18)37-23(35)32-20)21(34(14)13-26(27,28)29)19-7-5-15(10-30-19)31-16-11-33(12-16)24(36)38-25(2,3)4/h5-8,10,14,16,21,31H,9,11-13H2,1-4H3,(H,32,35)/t14-,21+/m1/s1. The number of hydrogen-bond acceptors (Lipinski definition) is 7. The molecule has 3 aromatic rings. The third kappa shape index (κ3) is 5.35. The first-order chi connectivity index (χ1) is 17.8. The topological polar surface area (TPSA) is 104 Å². The fourth-order valence-corrected chi connectivity index (χ4v) is 5.12. The molecule has 12 heteroatoms. The normalized spacial score (nSPS) is 20.8. The van der Waals surface area contributed by atoms with E-state index in [1.165, 1.54) is 4.90 Å². The maximum absolute atomic E-state index is 13.6. The van der Waals surface area contributed by atoms with Crippen LogP contribution in [0.2, 0.25) is 0 Å². The van der Waals surface area contributed by atoms with Crippen LogP contribution in [0, 0.1) is 0 Å². The number of oxazole rings is 1. The summed E-state index contributed by atoms with van der Waals surface area (Å²) in [4.78, 5) is 34.1. The molecule has 2 aromatic heterocycles. The van der Waals surface area contributed by atoms with Crippen LogP contribution in [0.25, 0.3) is 11.1 Å². The molecule has 0 bridgehead atoms. The molecule has 38 heavy (non-hydrogen) atoms. The minimum atomic E-state index is -4.40. The predicted octanol–water partition coefficient (Wildman–Crippen LogP) is 4.45. The van der Waals surface area contributed by atoms with Crippen molar-refractivity contribution in [1.29, 1.82) is 0 Å². The van der Waals surface area contributed by atoms with Gasteiger partial charge in [-0.3, -0.25) is 14.9 Å². The first kappa shape index (κ1) is 26.1. The lowest BCUT2D eigenvalue weighted by molar-refractivity contribution is -0.155. The predicted molar refractivity (Wildman–Crippen MR) is 134 cm³/mol. The third-order valence-corrected chi connectivity index (χ3v) is 6.75. The molecule has 2 aliphatic rings. The zero-order valence-electron chi connectivity index (χ0n) is 21.6. The minimum Gasteiger partial charge on any atom is -0.444 e. The molecule has 2 atom stereocenters. The Morgan fingerprint density at radius 1 is 1.21 bits per heavy atom. The number of amides is 1. The van der Waals surface area contributed by atoms with Crippen molar-refractivity contribution in [1.82, 2.24) is 19.8 Å². The summed E-state index contributed by atoms with van der Waals surface area (Å²) < 4.78 is 51.5. The second-order valence-electron chi connectivity index (χ2n) is 11.0. The van der Waals surface area contributed by atoms with E-state index in [9.17, 15) is 22.8 Å². The van der Waals surface area contributed by atoms with E-state index in [1.54, 1.807) is 42.3 Å². The number of H-pyrrole nitrogens is 1. The highest BCUT2D eigenvalue weighted by molar-refractivity contribution is 5.78. The molecule has 2 aliphatic heterocycles. The number of ether oxygens (including phenoxy) is 1. The third-order valence-electron chi connectivity index (χ3n) is 6.75. The summed E-state index contributed by atoms with van der Waals surface area (Å²) in [5, 5.41) is 3.30. The van der Waals surface area contributed by atoms with Crippen LogP contribution in [0.15, 0.2) is 39.7 Å². The number of likely N-dealkylation sites (tertiary alicyclic amines) is 1. The van der Waals surface area contributed by atoms with Gasteiger partial charge >= 0.3 is 18.0 Å². The van der Waals surface area contributed by atoms with Gasteiger partial charge in [-0.25, -0.2) is 9.59 Å². The molecule has 0 radical (unpaired) electrons. The van der Waals surface area contributed by atoms with E-state index in [0.717, 1.165) is 0 Å². The van der Waals surface area contributed by atoms with E-state index in [2.05, 4.69) is 15.3 Å². The lowest BCUT2D eigenvalue weighted by Crippen LogP contribution is -2.57. The Bertz CT molecular complexity index is 1390. The van der Waals surface area contributed by atoms with Crippen molar-refractivity contribution < 1.29 is 27.1 Å². The van der Waals surface area contributed by atoms with E-state index in [0.29, 0.717) is 53.1 Å². The molecule has 1 amide bonds. The van der Waals surface area contributed by atoms with E-state index in [-0.39, 0.29) is 12.1 Å². The molecule has 9 nitrogen and oxygen atoms in total. The van der Waals surface area contributed by atoms with Gasteiger partial charge in [0.15, 0.2) is 5.58 Å². The summed E-state index contributed by atoms with van der Waals surface area (Å²) in [6.45, 7) is 7.01. The van der Waals surface area contributed by atoms with Crippen LogP contribution in [0.4, 0.5) is 23.7 Å². The highest BCUT2D eigenvalue weighted by atomic mass is 19.4. The SMILES string of the molecule is C[C@@H]1Cc2c(ccc3[nH]c(=O)oc23)[C@@H](c2ccc(NC3CN(C(=O)OC(C)(C)C)C3)cn2)N1CC(F)(F)F. The number of alkyl halides is 3. The first-order valence-corrected chi connectivity index (χ1v) is 12.4. The highest BCUT2D eigenvalue weighted by Crippen LogP contribution is 2.41. The fourth-order valence-electron chi connectivity index (χ4n) is 5.12. The van der Waals surface area contributed by atoms with Crippen molar-refractivity contribution in [2.75, 3.05) is 25.0 Å². The molecule has 1 fully saturated rings. The first-order valence-electron chi connectivity index (χ1n) is 12.4.